The highest BCUT2D eigenvalue weighted by Crippen LogP contribution is 2.27. The molecule has 7 nitrogen and oxygen atoms in total. The Kier molecular flexibility index (Phi) is 3.89. The molecule has 3 heterocycles. The number of pyridine rings is 1. The number of nitrogens with zero attached hydrogens (tertiary/aromatic N) is 4. The summed E-state index contributed by atoms with van der Waals surface area (Å²) in [5.41, 5.74) is 2.14. The third-order valence-electron chi connectivity index (χ3n) is 3.99. The normalized spacial score (nSPS) is 11.6. The zero-order valence-electron chi connectivity index (χ0n) is 13.8. The number of fused-ring (bicyclic) bond motifs is 1. The molecular formula is C18H14N4O3S. The fraction of sp³-hybridized carbons (Fsp3) is 0.0556. The minimum Gasteiger partial charge on any atom is -0.467 e. The summed E-state index contributed by atoms with van der Waals surface area (Å²) < 4.78 is 32.1. The number of hydrogen-bond acceptors (Lipinski definition) is 6. The van der Waals surface area contributed by atoms with Crippen LogP contribution in [0.4, 0.5) is 0 Å². The summed E-state index contributed by atoms with van der Waals surface area (Å²) in [5, 5.41) is 0.815. The van der Waals surface area contributed by atoms with E-state index in [1.54, 1.807) is 36.8 Å². The van der Waals surface area contributed by atoms with Crippen molar-refractivity contribution < 1.29 is 13.2 Å². The van der Waals surface area contributed by atoms with E-state index in [1.165, 1.54) is 29.5 Å². The summed E-state index contributed by atoms with van der Waals surface area (Å²) in [7, 11) is -2.23. The summed E-state index contributed by atoms with van der Waals surface area (Å²) in [6.45, 7) is 0. The zero-order chi connectivity index (χ0) is 18.1. The van der Waals surface area contributed by atoms with Gasteiger partial charge in [-0.1, -0.05) is 12.1 Å². The van der Waals surface area contributed by atoms with Crippen LogP contribution in [0.3, 0.4) is 0 Å². The van der Waals surface area contributed by atoms with Gasteiger partial charge in [-0.2, -0.15) is 0 Å². The van der Waals surface area contributed by atoms with E-state index in [1.807, 2.05) is 12.1 Å². The molecule has 0 atom stereocenters. The molecule has 3 aromatic heterocycles. The van der Waals surface area contributed by atoms with E-state index < -0.39 is 10.0 Å². The van der Waals surface area contributed by atoms with Crippen LogP contribution < -0.4 is 4.74 Å². The molecule has 0 N–H and O–H groups in total. The average molecular weight is 366 g/mol. The van der Waals surface area contributed by atoms with Crippen molar-refractivity contribution in [3.8, 4) is 17.1 Å². The third kappa shape index (κ3) is 2.70. The molecule has 0 bridgehead atoms. The van der Waals surface area contributed by atoms with Crippen LogP contribution in [0, 0.1) is 0 Å². The van der Waals surface area contributed by atoms with Crippen molar-refractivity contribution in [3.05, 3.63) is 67.4 Å². The summed E-state index contributed by atoms with van der Waals surface area (Å²) in [5.74, 6) is 0. The van der Waals surface area contributed by atoms with Crippen molar-refractivity contribution in [2.75, 3.05) is 7.11 Å². The second kappa shape index (κ2) is 6.23. The van der Waals surface area contributed by atoms with E-state index in [4.69, 9.17) is 4.74 Å². The summed E-state index contributed by atoms with van der Waals surface area (Å²) in [6, 6.07) is 10.7. The average Bonchev–Trinajstić information content (AvgIpc) is 3.13. The monoisotopic (exact) mass is 366 g/mol. The second-order valence-corrected chi connectivity index (χ2v) is 7.35. The Morgan fingerprint density at radius 3 is 2.50 bits per heavy atom. The molecule has 0 spiro atoms. The second-order valence-electron chi connectivity index (χ2n) is 5.54. The van der Waals surface area contributed by atoms with Crippen LogP contribution in [-0.4, -0.2) is 34.5 Å². The van der Waals surface area contributed by atoms with Crippen molar-refractivity contribution in [2.45, 2.75) is 4.90 Å². The van der Waals surface area contributed by atoms with Crippen LogP contribution in [0.2, 0.25) is 0 Å². The standard InChI is InChI=1S/C18H14N4O3S/c1-25-18-20-10-15(11-21-18)14-5-4-13-6-8-22(17(13)9-14)26(23,24)16-3-2-7-19-12-16/h2-12H,1H3. The number of ether oxygens (including phenoxy) is 1. The number of methoxy groups -OCH3 is 1. The number of aromatic nitrogens is 4. The maximum absolute atomic E-state index is 12.9. The van der Waals surface area contributed by atoms with E-state index in [0.717, 1.165) is 16.5 Å². The van der Waals surface area contributed by atoms with E-state index in [0.29, 0.717) is 5.52 Å². The fourth-order valence-electron chi connectivity index (χ4n) is 2.68. The highest BCUT2D eigenvalue weighted by atomic mass is 32.2. The van der Waals surface area contributed by atoms with Crippen LogP contribution in [0.1, 0.15) is 0 Å². The van der Waals surface area contributed by atoms with Crippen molar-refractivity contribution >= 4 is 20.9 Å². The summed E-state index contributed by atoms with van der Waals surface area (Å²) in [6.07, 6.45) is 7.68. The Morgan fingerprint density at radius 1 is 1.00 bits per heavy atom. The van der Waals surface area contributed by atoms with Gasteiger partial charge in [0.1, 0.15) is 4.90 Å². The molecule has 1 aromatic carbocycles. The molecule has 0 fully saturated rings. The lowest BCUT2D eigenvalue weighted by molar-refractivity contribution is 0.380. The van der Waals surface area contributed by atoms with Gasteiger partial charge in [-0.15, -0.1) is 0 Å². The van der Waals surface area contributed by atoms with E-state index in [-0.39, 0.29) is 10.9 Å². The lowest BCUT2D eigenvalue weighted by Gasteiger charge is -2.08. The first kappa shape index (κ1) is 16.2. The lowest BCUT2D eigenvalue weighted by atomic mass is 10.1. The highest BCUT2D eigenvalue weighted by Gasteiger charge is 2.19. The van der Waals surface area contributed by atoms with Gasteiger partial charge in [0.15, 0.2) is 0 Å². The first-order chi connectivity index (χ1) is 12.6. The topological polar surface area (TPSA) is 87.0 Å². The van der Waals surface area contributed by atoms with Crippen LogP contribution in [0.5, 0.6) is 6.01 Å². The maximum Gasteiger partial charge on any atom is 0.316 e. The quantitative estimate of drug-likeness (QED) is 0.552. The van der Waals surface area contributed by atoms with Crippen molar-refractivity contribution in [3.63, 3.8) is 0 Å². The van der Waals surface area contributed by atoms with E-state index >= 15 is 0 Å². The van der Waals surface area contributed by atoms with Gasteiger partial charge in [-0.05, 0) is 29.8 Å². The Bertz CT molecular complexity index is 1170. The molecule has 0 saturated carbocycles. The molecule has 0 aliphatic carbocycles. The minimum absolute atomic E-state index is 0.135. The zero-order valence-corrected chi connectivity index (χ0v) is 14.6. The first-order valence-corrected chi connectivity index (χ1v) is 9.17. The highest BCUT2D eigenvalue weighted by molar-refractivity contribution is 7.90. The molecule has 0 saturated heterocycles. The molecule has 0 aliphatic heterocycles. The van der Waals surface area contributed by atoms with Crippen LogP contribution in [0.25, 0.3) is 22.0 Å². The van der Waals surface area contributed by atoms with Gasteiger partial charge in [0, 0.05) is 41.9 Å². The smallest absolute Gasteiger partial charge is 0.316 e. The number of benzene rings is 1. The Labute approximate surface area is 150 Å². The van der Waals surface area contributed by atoms with Crippen molar-refractivity contribution in [1.29, 1.82) is 0 Å². The summed E-state index contributed by atoms with van der Waals surface area (Å²) in [4.78, 5) is 12.2. The molecule has 0 unspecified atom stereocenters. The van der Waals surface area contributed by atoms with Gasteiger partial charge < -0.3 is 4.74 Å². The maximum atomic E-state index is 12.9. The number of rotatable bonds is 4. The molecule has 4 aromatic rings. The molecule has 0 amide bonds. The van der Waals surface area contributed by atoms with Gasteiger partial charge in [-0.3, -0.25) is 4.98 Å². The van der Waals surface area contributed by atoms with Crippen LogP contribution in [-0.2, 0) is 10.0 Å². The lowest BCUT2D eigenvalue weighted by Crippen LogP contribution is -2.11. The van der Waals surface area contributed by atoms with E-state index in [2.05, 4.69) is 15.0 Å². The Balaban J connectivity index is 1.85. The van der Waals surface area contributed by atoms with Crippen LogP contribution in [0.15, 0.2) is 72.3 Å². The van der Waals surface area contributed by atoms with Crippen molar-refractivity contribution in [1.82, 2.24) is 18.9 Å². The molecule has 0 radical (unpaired) electrons. The molecule has 130 valence electrons. The predicted octanol–water partition coefficient (Wildman–Crippen LogP) is 2.74. The van der Waals surface area contributed by atoms with Gasteiger partial charge in [0.25, 0.3) is 10.0 Å². The number of hydrogen-bond donors (Lipinski definition) is 0. The molecule has 0 aliphatic rings. The Hall–Kier alpha value is -3.26. The third-order valence-corrected chi connectivity index (χ3v) is 5.67. The Morgan fingerprint density at radius 2 is 1.81 bits per heavy atom. The first-order valence-electron chi connectivity index (χ1n) is 7.73. The summed E-state index contributed by atoms with van der Waals surface area (Å²) >= 11 is 0. The van der Waals surface area contributed by atoms with Gasteiger partial charge in [-0.25, -0.2) is 22.4 Å². The molecule has 26 heavy (non-hydrogen) atoms. The van der Waals surface area contributed by atoms with Crippen molar-refractivity contribution in [2.24, 2.45) is 0 Å². The SMILES string of the molecule is COc1ncc(-c2ccc3ccn(S(=O)(=O)c4cccnc4)c3c2)cn1. The molecular weight excluding hydrogens is 352 g/mol. The van der Waals surface area contributed by atoms with Crippen LogP contribution >= 0.6 is 0 Å². The predicted molar refractivity (Wildman–Crippen MR) is 96.3 cm³/mol. The van der Waals surface area contributed by atoms with Gasteiger partial charge in [0.2, 0.25) is 0 Å². The largest absolute Gasteiger partial charge is 0.467 e. The van der Waals surface area contributed by atoms with Gasteiger partial charge >= 0.3 is 6.01 Å². The minimum atomic E-state index is -3.73. The molecule has 8 heteroatoms. The fourth-order valence-corrected chi connectivity index (χ4v) is 3.99. The molecule has 4 rings (SSSR count). The van der Waals surface area contributed by atoms with E-state index in [9.17, 15) is 8.42 Å². The van der Waals surface area contributed by atoms with Gasteiger partial charge in [0.05, 0.1) is 12.6 Å².